The summed E-state index contributed by atoms with van der Waals surface area (Å²) in [6.45, 7) is 2.19. The van der Waals surface area contributed by atoms with Crippen LogP contribution in [-0.2, 0) is 11.2 Å². The SMILES string of the molecule is CC1CCCC1C(=O)Cc1ccc(Br)cn1. The van der Waals surface area contributed by atoms with Gasteiger partial charge in [0.15, 0.2) is 0 Å². The maximum atomic E-state index is 12.1. The average Bonchev–Trinajstić information content (AvgIpc) is 2.68. The Balaban J connectivity index is 1.99. The first kappa shape index (κ1) is 11.8. The molecule has 0 aromatic carbocycles. The molecule has 1 saturated carbocycles. The highest BCUT2D eigenvalue weighted by atomic mass is 79.9. The van der Waals surface area contributed by atoms with Gasteiger partial charge in [-0.15, -0.1) is 0 Å². The fourth-order valence-electron chi connectivity index (χ4n) is 2.44. The van der Waals surface area contributed by atoms with E-state index in [1.807, 2.05) is 12.1 Å². The Morgan fingerprint density at radius 2 is 2.31 bits per heavy atom. The number of carbonyl (C=O) groups excluding carboxylic acids is 1. The molecule has 2 atom stereocenters. The third-order valence-corrected chi connectivity index (χ3v) is 3.89. The van der Waals surface area contributed by atoms with E-state index >= 15 is 0 Å². The Hall–Kier alpha value is -0.700. The number of hydrogen-bond donors (Lipinski definition) is 0. The molecule has 1 heterocycles. The predicted octanol–water partition coefficient (Wildman–Crippen LogP) is 3.39. The van der Waals surface area contributed by atoms with E-state index in [0.717, 1.165) is 16.6 Å². The molecular formula is C13H16BrNO. The largest absolute Gasteiger partial charge is 0.299 e. The smallest absolute Gasteiger partial charge is 0.142 e. The first-order valence-electron chi connectivity index (χ1n) is 5.80. The molecular weight excluding hydrogens is 266 g/mol. The maximum absolute atomic E-state index is 12.1. The molecule has 3 heteroatoms. The molecule has 2 rings (SSSR count). The number of aromatic nitrogens is 1. The number of ketones is 1. The van der Waals surface area contributed by atoms with E-state index in [-0.39, 0.29) is 5.92 Å². The van der Waals surface area contributed by atoms with Crippen LogP contribution < -0.4 is 0 Å². The van der Waals surface area contributed by atoms with Crippen LogP contribution >= 0.6 is 15.9 Å². The number of carbonyl (C=O) groups is 1. The van der Waals surface area contributed by atoms with Crippen molar-refractivity contribution < 1.29 is 4.79 Å². The van der Waals surface area contributed by atoms with E-state index in [2.05, 4.69) is 27.8 Å². The molecule has 0 radical (unpaired) electrons. The highest BCUT2D eigenvalue weighted by Gasteiger charge is 2.29. The zero-order chi connectivity index (χ0) is 11.5. The van der Waals surface area contributed by atoms with Crippen molar-refractivity contribution in [1.29, 1.82) is 0 Å². The van der Waals surface area contributed by atoms with Gasteiger partial charge >= 0.3 is 0 Å². The lowest BCUT2D eigenvalue weighted by molar-refractivity contribution is -0.123. The fourth-order valence-corrected chi connectivity index (χ4v) is 2.68. The summed E-state index contributed by atoms with van der Waals surface area (Å²) in [7, 11) is 0. The van der Waals surface area contributed by atoms with Gasteiger partial charge in [0.05, 0.1) is 0 Å². The van der Waals surface area contributed by atoms with Crippen molar-refractivity contribution in [1.82, 2.24) is 4.98 Å². The molecule has 0 N–H and O–H groups in total. The molecule has 2 nitrogen and oxygen atoms in total. The summed E-state index contributed by atoms with van der Waals surface area (Å²) >= 11 is 3.34. The highest BCUT2D eigenvalue weighted by molar-refractivity contribution is 9.10. The summed E-state index contributed by atoms with van der Waals surface area (Å²) in [4.78, 5) is 16.3. The van der Waals surface area contributed by atoms with Crippen LogP contribution in [0.1, 0.15) is 31.9 Å². The highest BCUT2D eigenvalue weighted by Crippen LogP contribution is 2.32. The molecule has 1 aliphatic rings. The lowest BCUT2D eigenvalue weighted by Crippen LogP contribution is -2.19. The number of pyridine rings is 1. The van der Waals surface area contributed by atoms with Gasteiger partial charge in [-0.05, 0) is 46.8 Å². The number of nitrogens with zero attached hydrogens (tertiary/aromatic N) is 1. The topological polar surface area (TPSA) is 30.0 Å². The third kappa shape index (κ3) is 2.70. The van der Waals surface area contributed by atoms with Gasteiger partial charge in [0.25, 0.3) is 0 Å². The molecule has 0 bridgehead atoms. The van der Waals surface area contributed by atoms with Crippen molar-refractivity contribution in [3.63, 3.8) is 0 Å². The summed E-state index contributed by atoms with van der Waals surface area (Å²) in [5.74, 6) is 1.19. The van der Waals surface area contributed by atoms with E-state index < -0.39 is 0 Å². The second-order valence-electron chi connectivity index (χ2n) is 4.63. The van der Waals surface area contributed by atoms with Gasteiger partial charge < -0.3 is 0 Å². The number of Topliss-reactive ketones (excluding diaryl/α,β-unsaturated/α-hetero) is 1. The minimum atomic E-state index is 0.269. The number of hydrogen-bond acceptors (Lipinski definition) is 2. The quantitative estimate of drug-likeness (QED) is 0.850. The van der Waals surface area contributed by atoms with Gasteiger partial charge in [-0.3, -0.25) is 9.78 Å². The van der Waals surface area contributed by atoms with Crippen molar-refractivity contribution in [2.75, 3.05) is 0 Å². The van der Waals surface area contributed by atoms with Crippen LogP contribution in [0, 0.1) is 11.8 Å². The normalized spacial score (nSPS) is 24.6. The molecule has 16 heavy (non-hydrogen) atoms. The van der Waals surface area contributed by atoms with E-state index in [1.165, 1.54) is 12.8 Å². The molecule has 0 aliphatic heterocycles. The van der Waals surface area contributed by atoms with Gasteiger partial charge in [-0.25, -0.2) is 0 Å². The molecule has 0 saturated heterocycles. The predicted molar refractivity (Wildman–Crippen MR) is 67.2 cm³/mol. The van der Waals surface area contributed by atoms with Crippen LogP contribution in [-0.4, -0.2) is 10.8 Å². The Morgan fingerprint density at radius 3 is 2.88 bits per heavy atom. The minimum absolute atomic E-state index is 0.269. The Kier molecular flexibility index (Phi) is 3.74. The molecule has 0 spiro atoms. The average molecular weight is 282 g/mol. The Labute approximate surface area is 105 Å². The van der Waals surface area contributed by atoms with E-state index in [0.29, 0.717) is 18.1 Å². The molecule has 1 aromatic heterocycles. The van der Waals surface area contributed by atoms with E-state index in [1.54, 1.807) is 6.20 Å². The van der Waals surface area contributed by atoms with Crippen molar-refractivity contribution in [2.45, 2.75) is 32.6 Å². The molecule has 1 aliphatic carbocycles. The van der Waals surface area contributed by atoms with E-state index in [9.17, 15) is 4.79 Å². The Bertz CT molecular complexity index is 374. The van der Waals surface area contributed by atoms with Gasteiger partial charge in [0.2, 0.25) is 0 Å². The first-order chi connectivity index (χ1) is 7.66. The molecule has 1 aromatic rings. The summed E-state index contributed by atoms with van der Waals surface area (Å²) in [6, 6.07) is 3.86. The summed E-state index contributed by atoms with van der Waals surface area (Å²) in [5.41, 5.74) is 0.882. The molecule has 1 fully saturated rings. The lowest BCUT2D eigenvalue weighted by atomic mass is 9.91. The van der Waals surface area contributed by atoms with Crippen LogP contribution in [0.25, 0.3) is 0 Å². The van der Waals surface area contributed by atoms with Crippen LogP contribution in [0.15, 0.2) is 22.8 Å². The van der Waals surface area contributed by atoms with Crippen molar-refractivity contribution in [3.05, 3.63) is 28.5 Å². The van der Waals surface area contributed by atoms with Gasteiger partial charge in [-0.1, -0.05) is 13.3 Å². The van der Waals surface area contributed by atoms with Gasteiger partial charge in [0.1, 0.15) is 5.78 Å². The molecule has 2 unspecified atom stereocenters. The van der Waals surface area contributed by atoms with Gasteiger partial charge in [0, 0.05) is 28.7 Å². The van der Waals surface area contributed by atoms with Gasteiger partial charge in [-0.2, -0.15) is 0 Å². The first-order valence-corrected chi connectivity index (χ1v) is 6.59. The summed E-state index contributed by atoms with van der Waals surface area (Å²) in [5, 5.41) is 0. The standard InChI is InChI=1S/C13H16BrNO/c1-9-3-2-4-12(9)13(16)7-11-6-5-10(14)8-15-11/h5-6,8-9,12H,2-4,7H2,1H3. The van der Waals surface area contributed by atoms with Crippen LogP contribution in [0.2, 0.25) is 0 Å². The van der Waals surface area contributed by atoms with Crippen molar-refractivity contribution in [2.24, 2.45) is 11.8 Å². The van der Waals surface area contributed by atoms with Crippen LogP contribution in [0.4, 0.5) is 0 Å². The van der Waals surface area contributed by atoms with E-state index in [4.69, 9.17) is 0 Å². The second-order valence-corrected chi connectivity index (χ2v) is 5.54. The maximum Gasteiger partial charge on any atom is 0.142 e. The fraction of sp³-hybridized carbons (Fsp3) is 0.538. The zero-order valence-corrected chi connectivity index (χ0v) is 11.0. The number of halogens is 1. The van der Waals surface area contributed by atoms with Crippen molar-refractivity contribution >= 4 is 21.7 Å². The van der Waals surface area contributed by atoms with Crippen molar-refractivity contribution in [3.8, 4) is 0 Å². The summed E-state index contributed by atoms with van der Waals surface area (Å²) < 4.78 is 0.956. The van der Waals surface area contributed by atoms with Crippen LogP contribution in [0.5, 0.6) is 0 Å². The Morgan fingerprint density at radius 1 is 1.50 bits per heavy atom. The minimum Gasteiger partial charge on any atom is -0.299 e. The van der Waals surface area contributed by atoms with Crippen LogP contribution in [0.3, 0.4) is 0 Å². The lowest BCUT2D eigenvalue weighted by Gasteiger charge is -2.13. The number of rotatable bonds is 3. The zero-order valence-electron chi connectivity index (χ0n) is 9.45. The summed E-state index contributed by atoms with van der Waals surface area (Å²) in [6.07, 6.45) is 5.70. The second kappa shape index (κ2) is 5.09. The molecule has 86 valence electrons. The third-order valence-electron chi connectivity index (χ3n) is 3.42. The molecule has 0 amide bonds. The monoisotopic (exact) mass is 281 g/mol.